The molecule has 0 amide bonds. The van der Waals surface area contributed by atoms with Crippen LogP contribution < -0.4 is 5.06 Å². The van der Waals surface area contributed by atoms with E-state index in [0.29, 0.717) is 0 Å². The minimum Gasteiger partial charge on any atom is -0.634 e. The molecule has 0 bridgehead atoms. The SMILES string of the molecule is C[NH+]([O-])CC(CO)(CO)CO. The molecule has 0 aromatic heterocycles. The molecule has 0 aliphatic rings. The molecule has 68 valence electrons. The molecule has 5 nitrogen and oxygen atoms in total. The van der Waals surface area contributed by atoms with E-state index >= 15 is 0 Å². The maximum absolute atomic E-state index is 10.6. The van der Waals surface area contributed by atoms with Crippen molar-refractivity contribution in [2.75, 3.05) is 33.4 Å². The largest absolute Gasteiger partial charge is 0.634 e. The second-order valence-electron chi connectivity index (χ2n) is 2.85. The Bertz CT molecular complexity index is 94.5. The lowest BCUT2D eigenvalue weighted by Gasteiger charge is -2.31. The minimum absolute atomic E-state index is 0.0104. The molecule has 0 spiro atoms. The molecule has 0 saturated carbocycles. The molecule has 0 fully saturated rings. The summed E-state index contributed by atoms with van der Waals surface area (Å²) in [5.74, 6) is 0. The Morgan fingerprint density at radius 2 is 1.55 bits per heavy atom. The Hall–Kier alpha value is -0.200. The second-order valence-corrected chi connectivity index (χ2v) is 2.85. The number of quaternary nitrogens is 1. The summed E-state index contributed by atoms with van der Waals surface area (Å²) in [6, 6.07) is 0. The van der Waals surface area contributed by atoms with Gasteiger partial charge in [0.25, 0.3) is 0 Å². The molecule has 1 unspecified atom stereocenters. The molecular formula is C6H15NO4. The van der Waals surface area contributed by atoms with E-state index < -0.39 is 5.41 Å². The Morgan fingerprint density at radius 1 is 1.18 bits per heavy atom. The molecule has 0 aromatic rings. The number of nitrogens with one attached hydrogen (secondary N) is 1. The minimum atomic E-state index is -1.04. The van der Waals surface area contributed by atoms with Crippen LogP contribution in [0, 0.1) is 10.6 Å². The first-order valence-electron chi connectivity index (χ1n) is 3.42. The van der Waals surface area contributed by atoms with Gasteiger partial charge < -0.3 is 25.6 Å². The van der Waals surface area contributed by atoms with Crippen LogP contribution in [-0.4, -0.2) is 48.7 Å². The van der Waals surface area contributed by atoms with Gasteiger partial charge in [-0.3, -0.25) is 0 Å². The number of hydroxylamine groups is 2. The molecule has 0 aliphatic carbocycles. The summed E-state index contributed by atoms with van der Waals surface area (Å²) < 4.78 is 0. The van der Waals surface area contributed by atoms with Crippen molar-refractivity contribution in [3.8, 4) is 0 Å². The summed E-state index contributed by atoms with van der Waals surface area (Å²) >= 11 is 0. The first-order chi connectivity index (χ1) is 5.10. The maximum Gasteiger partial charge on any atom is 0.0890 e. The van der Waals surface area contributed by atoms with Gasteiger partial charge in [0.15, 0.2) is 0 Å². The molecule has 0 radical (unpaired) electrons. The molecule has 5 heteroatoms. The predicted octanol–water partition coefficient (Wildman–Crippen LogP) is -3.04. The van der Waals surface area contributed by atoms with E-state index in [1.54, 1.807) is 0 Å². The molecule has 0 heterocycles. The highest BCUT2D eigenvalue weighted by atomic mass is 16.5. The van der Waals surface area contributed by atoms with Crippen LogP contribution in [0.1, 0.15) is 0 Å². The van der Waals surface area contributed by atoms with Crippen molar-refractivity contribution in [1.29, 1.82) is 0 Å². The monoisotopic (exact) mass is 165 g/mol. The van der Waals surface area contributed by atoms with Crippen molar-refractivity contribution >= 4 is 0 Å². The highest BCUT2D eigenvalue weighted by molar-refractivity contribution is 4.75. The fourth-order valence-electron chi connectivity index (χ4n) is 0.846. The smallest absolute Gasteiger partial charge is 0.0890 e. The maximum atomic E-state index is 10.6. The van der Waals surface area contributed by atoms with Crippen LogP contribution in [0.3, 0.4) is 0 Å². The van der Waals surface area contributed by atoms with Gasteiger partial charge in [0.2, 0.25) is 0 Å². The second kappa shape index (κ2) is 4.63. The lowest BCUT2D eigenvalue weighted by Crippen LogP contribution is -3.06. The van der Waals surface area contributed by atoms with Gasteiger partial charge in [0.05, 0.1) is 38.8 Å². The zero-order valence-corrected chi connectivity index (χ0v) is 6.58. The van der Waals surface area contributed by atoms with E-state index in [4.69, 9.17) is 15.3 Å². The van der Waals surface area contributed by atoms with Crippen LogP contribution in [0.15, 0.2) is 0 Å². The average molecular weight is 165 g/mol. The fourth-order valence-corrected chi connectivity index (χ4v) is 0.846. The van der Waals surface area contributed by atoms with Gasteiger partial charge in [-0.2, -0.15) is 0 Å². The molecule has 0 rings (SSSR count). The Balaban J connectivity index is 4.05. The van der Waals surface area contributed by atoms with Gasteiger partial charge in [-0.15, -0.1) is 0 Å². The number of aliphatic hydroxyl groups excluding tert-OH is 3. The van der Waals surface area contributed by atoms with Crippen LogP contribution >= 0.6 is 0 Å². The molecule has 11 heavy (non-hydrogen) atoms. The van der Waals surface area contributed by atoms with E-state index in [-0.39, 0.29) is 31.4 Å². The topological polar surface area (TPSA) is 88.2 Å². The Morgan fingerprint density at radius 3 is 1.64 bits per heavy atom. The van der Waals surface area contributed by atoms with E-state index in [9.17, 15) is 5.21 Å². The van der Waals surface area contributed by atoms with Crippen LogP contribution in [0.4, 0.5) is 0 Å². The first-order valence-corrected chi connectivity index (χ1v) is 3.42. The third kappa shape index (κ3) is 3.13. The highest BCUT2D eigenvalue weighted by Crippen LogP contribution is 2.10. The molecule has 4 N–H and O–H groups in total. The van der Waals surface area contributed by atoms with E-state index in [0.717, 1.165) is 0 Å². The quantitative estimate of drug-likeness (QED) is 0.326. The van der Waals surface area contributed by atoms with Crippen LogP contribution in [0.25, 0.3) is 0 Å². The van der Waals surface area contributed by atoms with Crippen LogP contribution in [0.5, 0.6) is 0 Å². The summed E-state index contributed by atoms with van der Waals surface area (Å²) in [4.78, 5) is 0. The fraction of sp³-hybridized carbons (Fsp3) is 1.00. The number of hydrogen-bond donors (Lipinski definition) is 4. The van der Waals surface area contributed by atoms with Gasteiger partial charge in [-0.05, 0) is 0 Å². The number of rotatable bonds is 5. The normalized spacial score (nSPS) is 15.0. The van der Waals surface area contributed by atoms with Gasteiger partial charge >= 0.3 is 0 Å². The third-order valence-corrected chi connectivity index (χ3v) is 1.63. The molecule has 0 aromatic carbocycles. The Kier molecular flexibility index (Phi) is 4.55. The first kappa shape index (κ1) is 10.8. The standard InChI is InChI=1S/C6H15NO4/c1-7(11)2-6(3-8,4-9)5-10/h7-10H,2-5H2,1H3. The predicted molar refractivity (Wildman–Crippen MR) is 38.8 cm³/mol. The average Bonchev–Trinajstić information content (AvgIpc) is 2.00. The summed E-state index contributed by atoms with van der Waals surface area (Å²) in [7, 11) is 1.36. The zero-order valence-electron chi connectivity index (χ0n) is 6.58. The third-order valence-electron chi connectivity index (χ3n) is 1.63. The van der Waals surface area contributed by atoms with E-state index in [1.807, 2.05) is 0 Å². The van der Waals surface area contributed by atoms with Gasteiger partial charge in [-0.1, -0.05) is 0 Å². The van der Waals surface area contributed by atoms with Crippen molar-refractivity contribution in [3.05, 3.63) is 5.21 Å². The summed E-state index contributed by atoms with van der Waals surface area (Å²) in [6.07, 6.45) is 0. The Labute approximate surface area is 65.5 Å². The van der Waals surface area contributed by atoms with E-state index in [2.05, 4.69) is 0 Å². The van der Waals surface area contributed by atoms with Crippen LogP contribution in [-0.2, 0) is 0 Å². The van der Waals surface area contributed by atoms with E-state index in [1.165, 1.54) is 7.05 Å². The van der Waals surface area contributed by atoms with Gasteiger partial charge in [0, 0.05) is 0 Å². The molecule has 0 aliphatic heterocycles. The molecule has 0 saturated heterocycles. The van der Waals surface area contributed by atoms with Crippen molar-refractivity contribution in [2.45, 2.75) is 0 Å². The molecule has 1 atom stereocenters. The lowest BCUT2D eigenvalue weighted by atomic mass is 9.91. The van der Waals surface area contributed by atoms with Gasteiger partial charge in [0.1, 0.15) is 0 Å². The van der Waals surface area contributed by atoms with Crippen molar-refractivity contribution in [3.63, 3.8) is 0 Å². The summed E-state index contributed by atoms with van der Waals surface area (Å²) in [6.45, 7) is -1.12. The van der Waals surface area contributed by atoms with Crippen molar-refractivity contribution in [2.24, 2.45) is 5.41 Å². The summed E-state index contributed by atoms with van der Waals surface area (Å²) in [5.41, 5.74) is -1.04. The lowest BCUT2D eigenvalue weighted by molar-refractivity contribution is -0.834. The van der Waals surface area contributed by atoms with Crippen molar-refractivity contribution in [1.82, 2.24) is 0 Å². The highest BCUT2D eigenvalue weighted by Gasteiger charge is 2.30. The summed E-state index contributed by atoms with van der Waals surface area (Å²) in [5, 5.41) is 36.7. The van der Waals surface area contributed by atoms with Crippen molar-refractivity contribution < 1.29 is 20.4 Å². The zero-order chi connectivity index (χ0) is 8.91. The molecular weight excluding hydrogens is 150 g/mol. The van der Waals surface area contributed by atoms with Crippen LogP contribution in [0.2, 0.25) is 0 Å². The number of hydrogen-bond acceptors (Lipinski definition) is 4. The number of aliphatic hydroxyl groups is 3. The van der Waals surface area contributed by atoms with Gasteiger partial charge in [-0.25, -0.2) is 0 Å².